The summed E-state index contributed by atoms with van der Waals surface area (Å²) in [7, 11) is 0. The maximum absolute atomic E-state index is 15.1. The zero-order chi connectivity index (χ0) is 50.0. The highest BCUT2D eigenvalue weighted by Gasteiger charge is 2.37. The molecule has 15 heteroatoms. The van der Waals surface area contributed by atoms with Gasteiger partial charge in [0.2, 0.25) is 17.7 Å². The summed E-state index contributed by atoms with van der Waals surface area (Å²) in [5, 5.41) is 18.4. The molecule has 0 fully saturated rings. The summed E-state index contributed by atoms with van der Waals surface area (Å²) < 4.78 is 36.7. The molecule has 0 aliphatic rings. The summed E-state index contributed by atoms with van der Waals surface area (Å²) in [6.45, 7) is 12.6. The van der Waals surface area contributed by atoms with Crippen molar-refractivity contribution >= 4 is 35.4 Å². The van der Waals surface area contributed by atoms with Crippen LogP contribution in [0, 0.1) is 28.9 Å². The number of rotatable bonds is 26. The van der Waals surface area contributed by atoms with Gasteiger partial charge >= 0.3 is 6.09 Å². The minimum atomic E-state index is -0.878. The number of Topliss-reactive ketones (excluding diaryl/α,β-unsaturated/α-hetero) is 2. The Kier molecular flexibility index (Phi) is 21.1. The van der Waals surface area contributed by atoms with Crippen molar-refractivity contribution in [1.82, 2.24) is 25.4 Å². The van der Waals surface area contributed by atoms with Crippen LogP contribution in [0.25, 0.3) is 11.1 Å². The van der Waals surface area contributed by atoms with Crippen LogP contribution in [0.1, 0.15) is 116 Å². The smallest absolute Gasteiger partial charge is 0.407 e. The fourth-order valence-electron chi connectivity index (χ4n) is 8.29. The molecule has 0 radical (unpaired) electrons. The molecule has 4 N–H and O–H groups in total. The van der Waals surface area contributed by atoms with Crippen LogP contribution in [0.4, 0.5) is 13.6 Å². The van der Waals surface area contributed by atoms with Crippen LogP contribution in [0.3, 0.4) is 0 Å². The van der Waals surface area contributed by atoms with Gasteiger partial charge in [-0.1, -0.05) is 95.3 Å². The van der Waals surface area contributed by atoms with Gasteiger partial charge in [0.15, 0.2) is 11.6 Å². The molecular weight excluding hydrogens is 873 g/mol. The molecule has 68 heavy (non-hydrogen) atoms. The maximum atomic E-state index is 15.1. The SMILES string of the molecule is CC(=O)N[C@@H](CCCCNC(=O)OCc1ccccc1)C(=O)C[C@H](C(=O)N[C@@H](C)C(=O)CCCCN(C(=O)CO)[C@@H](c1cc(-c2cc(F)ccc2F)cn1Cc1ccccc1)C(C)(C)C)C(C)C. The number of amides is 4. The fraction of sp³-hybridized carbons (Fsp3) is 0.472. The number of aromatic nitrogens is 1. The lowest BCUT2D eigenvalue weighted by Crippen LogP contribution is -2.46. The lowest BCUT2D eigenvalue weighted by atomic mass is 9.82. The first-order chi connectivity index (χ1) is 32.3. The Morgan fingerprint density at radius 1 is 0.809 bits per heavy atom. The fourth-order valence-corrected chi connectivity index (χ4v) is 8.29. The Balaban J connectivity index is 1.36. The van der Waals surface area contributed by atoms with Gasteiger partial charge in [-0.3, -0.25) is 24.0 Å². The van der Waals surface area contributed by atoms with Crippen LogP contribution in [0.2, 0.25) is 0 Å². The van der Waals surface area contributed by atoms with Crippen LogP contribution >= 0.6 is 0 Å². The number of hydrogen-bond donors (Lipinski definition) is 4. The van der Waals surface area contributed by atoms with Crippen molar-refractivity contribution in [3.8, 4) is 11.1 Å². The van der Waals surface area contributed by atoms with Crippen molar-refractivity contribution in [2.45, 2.75) is 125 Å². The van der Waals surface area contributed by atoms with E-state index in [1.807, 2.05) is 99.8 Å². The van der Waals surface area contributed by atoms with Crippen LogP contribution in [-0.2, 0) is 41.9 Å². The summed E-state index contributed by atoms with van der Waals surface area (Å²) in [5.41, 5.74) is 2.35. The van der Waals surface area contributed by atoms with Crippen molar-refractivity contribution in [1.29, 1.82) is 0 Å². The molecule has 0 aliphatic heterocycles. The van der Waals surface area contributed by atoms with E-state index in [0.717, 1.165) is 29.3 Å². The molecule has 0 bridgehead atoms. The maximum Gasteiger partial charge on any atom is 0.407 e. The number of nitrogens with one attached hydrogen (secondary N) is 3. The summed E-state index contributed by atoms with van der Waals surface area (Å²) in [5.74, 6) is -4.19. The molecule has 1 aromatic heterocycles. The zero-order valence-electron chi connectivity index (χ0n) is 40.5. The van der Waals surface area contributed by atoms with E-state index < -0.39 is 71.5 Å². The molecule has 3 aromatic carbocycles. The normalized spacial score (nSPS) is 13.2. The Labute approximate surface area is 399 Å². The highest BCUT2D eigenvalue weighted by molar-refractivity contribution is 5.94. The molecule has 4 rings (SSSR count). The largest absolute Gasteiger partial charge is 0.445 e. The molecule has 0 unspecified atom stereocenters. The predicted octanol–water partition coefficient (Wildman–Crippen LogP) is 8.47. The predicted molar refractivity (Wildman–Crippen MR) is 257 cm³/mol. The van der Waals surface area contributed by atoms with E-state index in [0.29, 0.717) is 56.5 Å². The van der Waals surface area contributed by atoms with Gasteiger partial charge in [0, 0.05) is 68.3 Å². The van der Waals surface area contributed by atoms with Gasteiger partial charge in [-0.2, -0.15) is 0 Å². The Bertz CT molecular complexity index is 2300. The highest BCUT2D eigenvalue weighted by Crippen LogP contribution is 2.41. The third-order valence-electron chi connectivity index (χ3n) is 11.9. The second-order valence-corrected chi connectivity index (χ2v) is 18.8. The van der Waals surface area contributed by atoms with E-state index in [1.165, 1.54) is 6.92 Å². The molecule has 0 saturated heterocycles. The Hall–Kier alpha value is -6.22. The van der Waals surface area contributed by atoms with Gasteiger partial charge in [-0.05, 0) is 85.8 Å². The standard InChI is InChI=1S/C53H69F2N5O8/c1-35(2)42(30-48(64)45(58-37(4)62)22-14-16-26-56-52(67)68-34-39-20-12-9-13-21-39)51(66)57-36(3)47(63)23-15-17-27-60(49(65)33-61)50(53(5,6)7)46-28-40(43-29-41(54)24-25-44(43)55)32-59(46)31-38-18-10-8-11-19-38/h8-13,18-21,24-25,28-29,32,35-36,42,45,50,61H,14-17,22-23,26-27,30-31,33-34H2,1-7H3,(H,56,67)(H,57,66)(H,58,62)/t36-,42-,45-,50-/m0/s1. The van der Waals surface area contributed by atoms with Crippen molar-refractivity contribution in [2.24, 2.45) is 17.3 Å². The first kappa shape index (κ1) is 54.4. The van der Waals surface area contributed by atoms with Crippen LogP contribution in [-0.4, -0.2) is 81.7 Å². The number of halogens is 2. The topological polar surface area (TPSA) is 176 Å². The monoisotopic (exact) mass is 942 g/mol. The molecule has 0 saturated carbocycles. The summed E-state index contributed by atoms with van der Waals surface area (Å²) in [6.07, 6.45) is 3.15. The molecule has 4 aromatic rings. The van der Waals surface area contributed by atoms with Gasteiger partial charge in [-0.25, -0.2) is 13.6 Å². The van der Waals surface area contributed by atoms with Gasteiger partial charge < -0.3 is 35.3 Å². The van der Waals surface area contributed by atoms with Gasteiger partial charge in [0.05, 0.1) is 18.1 Å². The van der Waals surface area contributed by atoms with Gasteiger partial charge in [0.1, 0.15) is 24.8 Å². The van der Waals surface area contributed by atoms with E-state index >= 15 is 4.39 Å². The van der Waals surface area contributed by atoms with E-state index in [-0.39, 0.29) is 49.0 Å². The minimum absolute atomic E-state index is 0.0723. The third-order valence-corrected chi connectivity index (χ3v) is 11.9. The van der Waals surface area contributed by atoms with Crippen LogP contribution in [0.5, 0.6) is 0 Å². The number of hydrogen-bond acceptors (Lipinski definition) is 8. The Morgan fingerprint density at radius 3 is 2.09 bits per heavy atom. The first-order valence-corrected chi connectivity index (χ1v) is 23.5. The molecule has 0 spiro atoms. The first-order valence-electron chi connectivity index (χ1n) is 23.5. The quantitative estimate of drug-likeness (QED) is 0.0454. The molecular formula is C53H69F2N5O8. The van der Waals surface area contributed by atoms with E-state index in [4.69, 9.17) is 4.74 Å². The van der Waals surface area contributed by atoms with Gasteiger partial charge in [-0.15, -0.1) is 0 Å². The molecule has 4 amide bonds. The number of carbonyl (C=O) groups excluding carboxylic acids is 6. The lowest BCUT2D eigenvalue weighted by Gasteiger charge is -2.41. The second-order valence-electron chi connectivity index (χ2n) is 18.8. The summed E-state index contributed by atoms with van der Waals surface area (Å²) in [6, 6.07) is 21.5. The van der Waals surface area contributed by atoms with Crippen molar-refractivity contribution in [3.63, 3.8) is 0 Å². The number of aliphatic hydroxyl groups excluding tert-OH is 1. The van der Waals surface area contributed by atoms with Crippen LogP contribution < -0.4 is 16.0 Å². The molecule has 368 valence electrons. The number of unbranched alkanes of at least 4 members (excludes halogenated alkanes) is 2. The minimum Gasteiger partial charge on any atom is -0.445 e. The number of carbonyl (C=O) groups is 6. The van der Waals surface area contributed by atoms with Gasteiger partial charge in [0.25, 0.3) is 0 Å². The zero-order valence-corrected chi connectivity index (χ0v) is 40.5. The molecule has 4 atom stereocenters. The van der Waals surface area contributed by atoms with Crippen molar-refractivity contribution < 1.29 is 47.4 Å². The van der Waals surface area contributed by atoms with E-state index in [9.17, 15) is 38.3 Å². The van der Waals surface area contributed by atoms with E-state index in [1.54, 1.807) is 24.1 Å². The van der Waals surface area contributed by atoms with E-state index in [2.05, 4.69) is 16.0 Å². The number of ether oxygens (including phenoxy) is 1. The lowest BCUT2D eigenvalue weighted by molar-refractivity contribution is -0.139. The summed E-state index contributed by atoms with van der Waals surface area (Å²) >= 11 is 0. The molecule has 0 aliphatic carbocycles. The molecule has 1 heterocycles. The average molecular weight is 942 g/mol. The number of nitrogens with zero attached hydrogens (tertiary/aromatic N) is 2. The number of alkyl carbamates (subject to hydrolysis) is 1. The Morgan fingerprint density at radius 2 is 1.47 bits per heavy atom. The average Bonchev–Trinajstić information content (AvgIpc) is 3.69. The van der Waals surface area contributed by atoms with Crippen molar-refractivity contribution in [3.05, 3.63) is 120 Å². The number of benzene rings is 3. The molecule has 13 nitrogen and oxygen atoms in total. The highest BCUT2D eigenvalue weighted by atomic mass is 19.1. The number of aliphatic hydroxyl groups is 1. The third kappa shape index (κ3) is 16.8. The second kappa shape index (κ2) is 26.4. The van der Waals surface area contributed by atoms with Crippen molar-refractivity contribution in [2.75, 3.05) is 19.7 Å². The van der Waals surface area contributed by atoms with Crippen LogP contribution in [0.15, 0.2) is 91.1 Å². The summed E-state index contributed by atoms with van der Waals surface area (Å²) in [4.78, 5) is 80.0. The number of ketones is 2.